The summed E-state index contributed by atoms with van der Waals surface area (Å²) in [6.45, 7) is 14.9. The highest BCUT2D eigenvalue weighted by Crippen LogP contribution is 2.30. The molecule has 2 aromatic rings. The molecule has 2 aromatic carbocycles. The van der Waals surface area contributed by atoms with E-state index in [1.807, 2.05) is 36.4 Å². The molecule has 2 unspecified atom stereocenters. The van der Waals surface area contributed by atoms with Crippen LogP contribution < -0.4 is 0 Å². The second kappa shape index (κ2) is 13.5. The van der Waals surface area contributed by atoms with Crippen molar-refractivity contribution in [1.82, 2.24) is 9.80 Å². The average Bonchev–Trinajstić information content (AvgIpc) is 3.63. The van der Waals surface area contributed by atoms with E-state index in [2.05, 4.69) is 38.7 Å². The fourth-order valence-electron chi connectivity index (χ4n) is 5.76. The minimum Gasteiger partial charge on any atom is -0.456 e. The van der Waals surface area contributed by atoms with Crippen LogP contribution in [0.15, 0.2) is 60.2 Å². The maximum atomic E-state index is 13.2. The van der Waals surface area contributed by atoms with Gasteiger partial charge >= 0.3 is 12.1 Å². The number of likely N-dealkylation sites (tertiary alicyclic amines) is 1. The van der Waals surface area contributed by atoms with E-state index in [0.717, 1.165) is 24.1 Å². The lowest BCUT2D eigenvalue weighted by molar-refractivity contribution is -0.147. The van der Waals surface area contributed by atoms with Crippen LogP contribution in [0.2, 0.25) is 0 Å². The molecule has 0 spiro atoms. The zero-order valence-electron chi connectivity index (χ0n) is 27.1. The first-order valence-electron chi connectivity index (χ1n) is 15.6. The van der Waals surface area contributed by atoms with Crippen LogP contribution in [0.25, 0.3) is 11.1 Å². The summed E-state index contributed by atoms with van der Waals surface area (Å²) in [7, 11) is 0. The quantitative estimate of drug-likeness (QED) is 0.176. The third-order valence-electron chi connectivity index (χ3n) is 8.16. The van der Waals surface area contributed by atoms with Gasteiger partial charge in [-0.3, -0.25) is 19.4 Å². The van der Waals surface area contributed by atoms with Crippen molar-refractivity contribution in [2.75, 3.05) is 19.7 Å². The van der Waals surface area contributed by atoms with Crippen molar-refractivity contribution in [2.45, 2.75) is 97.4 Å². The third kappa shape index (κ3) is 8.23. The summed E-state index contributed by atoms with van der Waals surface area (Å²) in [5, 5.41) is 0. The smallest absolute Gasteiger partial charge is 0.411 e. The lowest BCUT2D eigenvalue weighted by Crippen LogP contribution is -2.45. The number of hydrogen-bond donors (Lipinski definition) is 0. The van der Waals surface area contributed by atoms with Crippen LogP contribution >= 0.6 is 0 Å². The van der Waals surface area contributed by atoms with Gasteiger partial charge in [0, 0.05) is 42.2 Å². The highest BCUT2D eigenvalue weighted by Gasteiger charge is 2.38. The summed E-state index contributed by atoms with van der Waals surface area (Å²) in [5.74, 6) is -0.815. The molecule has 1 fully saturated rings. The summed E-state index contributed by atoms with van der Waals surface area (Å²) in [5.41, 5.74) is 3.63. The maximum Gasteiger partial charge on any atom is 0.411 e. The van der Waals surface area contributed by atoms with Gasteiger partial charge in [-0.05, 0) is 71.9 Å². The molecule has 2 aliphatic heterocycles. The van der Waals surface area contributed by atoms with Crippen molar-refractivity contribution in [3.8, 4) is 11.1 Å². The molecule has 8 heteroatoms. The number of ether oxygens (including phenoxy) is 2. The summed E-state index contributed by atoms with van der Waals surface area (Å²) in [6.07, 6.45) is 4.28. The molecule has 8 nitrogen and oxygen atoms in total. The number of Topliss-reactive ketones (excluding diaryl/α,β-unsaturated/α-hetero) is 2. The van der Waals surface area contributed by atoms with Crippen LogP contribution in [0.1, 0.15) is 94.9 Å². The number of carbonyl (C=O) groups is 4. The molecule has 0 N–H and O–H groups in total. The highest BCUT2D eigenvalue weighted by molar-refractivity contribution is 5.99. The van der Waals surface area contributed by atoms with Crippen molar-refractivity contribution in [1.29, 1.82) is 0 Å². The number of hydrogen-bond acceptors (Lipinski definition) is 7. The van der Waals surface area contributed by atoms with Gasteiger partial charge in [-0.2, -0.15) is 0 Å². The molecule has 0 bridgehead atoms. The van der Waals surface area contributed by atoms with Crippen LogP contribution in [-0.2, 0) is 14.3 Å². The lowest BCUT2D eigenvalue weighted by Gasteiger charge is -2.37. The van der Waals surface area contributed by atoms with Crippen LogP contribution in [0.5, 0.6) is 0 Å². The second-order valence-electron chi connectivity index (χ2n) is 13.7. The molecule has 2 heterocycles. The van der Waals surface area contributed by atoms with Crippen molar-refractivity contribution < 1.29 is 28.7 Å². The Balaban J connectivity index is 1.32. The molecular formula is C36H46N2O6. The van der Waals surface area contributed by atoms with Gasteiger partial charge < -0.3 is 9.47 Å². The Labute approximate surface area is 261 Å². The number of benzene rings is 2. The van der Waals surface area contributed by atoms with Crippen LogP contribution in [0, 0.1) is 0 Å². The summed E-state index contributed by atoms with van der Waals surface area (Å²) >= 11 is 0. The second-order valence-corrected chi connectivity index (χ2v) is 13.7. The van der Waals surface area contributed by atoms with Gasteiger partial charge in [-0.25, -0.2) is 9.59 Å². The molecular weight excluding hydrogens is 556 g/mol. The van der Waals surface area contributed by atoms with E-state index in [-0.39, 0.29) is 23.1 Å². The van der Waals surface area contributed by atoms with Gasteiger partial charge in [-0.15, -0.1) is 0 Å². The first-order chi connectivity index (χ1) is 20.7. The SMILES string of the molecule is CCC1=CC(CC(=O)c2ccc(-c3ccc(C(=O)COC(=O)C4CCCN4C(=O)OC(C)(C)C)cc3)cc2)N(C(C)(C)C)C1. The number of amides is 1. The summed E-state index contributed by atoms with van der Waals surface area (Å²) < 4.78 is 10.7. The predicted molar refractivity (Wildman–Crippen MR) is 171 cm³/mol. The van der Waals surface area contributed by atoms with Crippen molar-refractivity contribution >= 4 is 23.6 Å². The number of nitrogens with zero attached hydrogens (tertiary/aromatic N) is 2. The minimum atomic E-state index is -0.754. The normalized spacial score (nSPS) is 19.1. The standard InChI is InChI=1S/C36H46N2O6/c1-8-24-20-29(38(22-24)35(2,3)4)21-31(39)27-15-11-25(12-16-27)26-13-17-28(18-14-26)32(40)23-43-33(41)30-10-9-19-37(30)34(42)44-36(5,6)7/h11-18,20,29-30H,8-10,19,21-23H2,1-7H3. The Morgan fingerprint density at radius 3 is 1.93 bits per heavy atom. The maximum absolute atomic E-state index is 13.2. The Kier molecular flexibility index (Phi) is 10.1. The van der Waals surface area contributed by atoms with Crippen LogP contribution in [0.3, 0.4) is 0 Å². The molecule has 0 radical (unpaired) electrons. The third-order valence-corrected chi connectivity index (χ3v) is 8.16. The van der Waals surface area contributed by atoms with E-state index in [4.69, 9.17) is 9.47 Å². The minimum absolute atomic E-state index is 0.0175. The molecule has 44 heavy (non-hydrogen) atoms. The van der Waals surface area contributed by atoms with E-state index in [1.165, 1.54) is 10.5 Å². The van der Waals surface area contributed by atoms with E-state index < -0.39 is 30.3 Å². The Morgan fingerprint density at radius 2 is 1.41 bits per heavy atom. The van der Waals surface area contributed by atoms with Crippen LogP contribution in [-0.4, -0.2) is 76.3 Å². The molecule has 2 aliphatic rings. The number of rotatable bonds is 9. The number of carbonyl (C=O) groups excluding carboxylic acids is 4. The van der Waals surface area contributed by atoms with Crippen molar-refractivity contribution in [3.63, 3.8) is 0 Å². The summed E-state index contributed by atoms with van der Waals surface area (Å²) in [4.78, 5) is 54.9. The van der Waals surface area contributed by atoms with Gasteiger partial charge in [-0.1, -0.05) is 67.1 Å². The fraction of sp³-hybridized carbons (Fsp3) is 0.500. The first-order valence-corrected chi connectivity index (χ1v) is 15.6. The molecule has 4 rings (SSSR count). The molecule has 1 amide bonds. The van der Waals surface area contributed by atoms with E-state index in [1.54, 1.807) is 32.9 Å². The number of ketones is 2. The molecule has 0 aromatic heterocycles. The Hall–Kier alpha value is -3.78. The molecule has 0 aliphatic carbocycles. The average molecular weight is 603 g/mol. The zero-order chi connectivity index (χ0) is 32.2. The highest BCUT2D eigenvalue weighted by atomic mass is 16.6. The van der Waals surface area contributed by atoms with Crippen molar-refractivity contribution in [3.05, 3.63) is 71.3 Å². The largest absolute Gasteiger partial charge is 0.456 e. The number of esters is 1. The predicted octanol–water partition coefficient (Wildman–Crippen LogP) is 6.87. The lowest BCUT2D eigenvalue weighted by atomic mass is 9.97. The zero-order valence-corrected chi connectivity index (χ0v) is 27.1. The van der Waals surface area contributed by atoms with E-state index in [9.17, 15) is 19.2 Å². The molecule has 1 saturated heterocycles. The monoisotopic (exact) mass is 602 g/mol. The molecule has 0 saturated carbocycles. The van der Waals surface area contributed by atoms with Gasteiger partial charge in [0.2, 0.25) is 0 Å². The summed E-state index contributed by atoms with van der Waals surface area (Å²) in [6, 6.07) is 14.0. The van der Waals surface area contributed by atoms with Gasteiger partial charge in [0.1, 0.15) is 11.6 Å². The van der Waals surface area contributed by atoms with Gasteiger partial charge in [0.25, 0.3) is 0 Å². The first kappa shape index (κ1) is 33.1. The van der Waals surface area contributed by atoms with Crippen LogP contribution in [0.4, 0.5) is 4.79 Å². The van der Waals surface area contributed by atoms with Gasteiger partial charge in [0.15, 0.2) is 18.2 Å². The Bertz CT molecular complexity index is 1400. The van der Waals surface area contributed by atoms with Gasteiger partial charge in [0.05, 0.1) is 0 Å². The Morgan fingerprint density at radius 1 is 0.841 bits per heavy atom. The van der Waals surface area contributed by atoms with E-state index in [0.29, 0.717) is 36.9 Å². The molecule has 2 atom stereocenters. The topological polar surface area (TPSA) is 93.2 Å². The van der Waals surface area contributed by atoms with E-state index >= 15 is 0 Å². The fourth-order valence-corrected chi connectivity index (χ4v) is 5.76. The molecule has 236 valence electrons. The van der Waals surface area contributed by atoms with Crippen molar-refractivity contribution in [2.24, 2.45) is 0 Å².